The fourth-order valence-electron chi connectivity index (χ4n) is 4.00. The van der Waals surface area contributed by atoms with Crippen molar-refractivity contribution in [3.63, 3.8) is 0 Å². The molecule has 4 rings (SSSR count). The number of aryl methyl sites for hydroxylation is 1. The minimum atomic E-state index is -0.00866. The molecule has 0 spiro atoms. The number of carbonyl (C=O) groups is 1. The number of fused-ring (bicyclic) bond motifs is 1. The summed E-state index contributed by atoms with van der Waals surface area (Å²) in [6, 6.07) is 8.88. The van der Waals surface area contributed by atoms with E-state index in [1.807, 2.05) is 24.4 Å². The number of benzene rings is 1. The number of aromatic nitrogens is 2. The zero-order chi connectivity index (χ0) is 18.1. The van der Waals surface area contributed by atoms with E-state index in [2.05, 4.69) is 27.9 Å². The predicted molar refractivity (Wildman–Crippen MR) is 100 cm³/mol. The van der Waals surface area contributed by atoms with Crippen LogP contribution in [0.25, 0.3) is 0 Å². The van der Waals surface area contributed by atoms with E-state index in [0.29, 0.717) is 18.5 Å². The molecular formula is C21H27N3O2. The van der Waals surface area contributed by atoms with Crippen molar-refractivity contribution in [2.75, 3.05) is 7.11 Å². The summed E-state index contributed by atoms with van der Waals surface area (Å²) in [5.41, 5.74) is 2.25. The monoisotopic (exact) mass is 353 g/mol. The number of hydrogen-bond acceptors (Lipinski definition) is 3. The second-order valence-electron chi connectivity index (χ2n) is 7.59. The lowest BCUT2D eigenvalue weighted by molar-refractivity contribution is -0.121. The number of nitrogens with zero attached hydrogens (tertiary/aromatic N) is 2. The summed E-state index contributed by atoms with van der Waals surface area (Å²) in [6.07, 6.45) is 8.00. The average molecular weight is 353 g/mol. The largest absolute Gasteiger partial charge is 0.497 e. The van der Waals surface area contributed by atoms with E-state index < -0.39 is 0 Å². The second kappa shape index (κ2) is 7.14. The topological polar surface area (TPSA) is 56.1 Å². The van der Waals surface area contributed by atoms with Gasteiger partial charge in [-0.15, -0.1) is 0 Å². The van der Waals surface area contributed by atoms with Gasteiger partial charge in [-0.2, -0.15) is 0 Å². The molecule has 2 aliphatic rings. The van der Waals surface area contributed by atoms with Crippen molar-refractivity contribution in [1.82, 2.24) is 14.9 Å². The smallest absolute Gasteiger partial charge is 0.221 e. The van der Waals surface area contributed by atoms with Gasteiger partial charge in [0.05, 0.1) is 7.11 Å². The van der Waals surface area contributed by atoms with Crippen molar-refractivity contribution < 1.29 is 9.53 Å². The van der Waals surface area contributed by atoms with Crippen molar-refractivity contribution in [3.8, 4) is 5.75 Å². The van der Waals surface area contributed by atoms with Gasteiger partial charge in [0.2, 0.25) is 5.91 Å². The molecule has 26 heavy (non-hydrogen) atoms. The van der Waals surface area contributed by atoms with Gasteiger partial charge in [-0.25, -0.2) is 4.98 Å². The lowest BCUT2D eigenvalue weighted by atomic mass is 9.91. The first-order chi connectivity index (χ1) is 12.7. The van der Waals surface area contributed by atoms with E-state index in [-0.39, 0.29) is 11.8 Å². The summed E-state index contributed by atoms with van der Waals surface area (Å²) in [6.45, 7) is 2.25. The molecular weight excluding hydrogens is 326 g/mol. The average Bonchev–Trinajstić information content (AvgIpc) is 3.35. The summed E-state index contributed by atoms with van der Waals surface area (Å²) >= 11 is 0. The summed E-state index contributed by atoms with van der Waals surface area (Å²) in [7, 11) is 1.68. The standard InChI is InChI=1S/C21H27N3O2/c1-14-5-3-8-20-22-13-19(24(14)20)18(12-21(25)23-16-9-10-16)15-6-4-7-17(11-15)26-2/h4,6-7,11,13-14,16,18H,3,5,8-10,12H2,1-2H3,(H,23,25)/t14-,18-/m1/s1. The molecule has 2 heterocycles. The highest BCUT2D eigenvalue weighted by Crippen LogP contribution is 2.35. The number of carbonyl (C=O) groups excluding carboxylic acids is 1. The normalized spacial score (nSPS) is 20.3. The third-order valence-corrected chi connectivity index (χ3v) is 5.55. The minimum Gasteiger partial charge on any atom is -0.497 e. The Kier molecular flexibility index (Phi) is 4.70. The van der Waals surface area contributed by atoms with Crippen LogP contribution in [0.2, 0.25) is 0 Å². The van der Waals surface area contributed by atoms with Crippen LogP contribution in [0.15, 0.2) is 30.5 Å². The van der Waals surface area contributed by atoms with Crippen LogP contribution >= 0.6 is 0 Å². The van der Waals surface area contributed by atoms with Crippen molar-refractivity contribution in [2.24, 2.45) is 0 Å². The third kappa shape index (κ3) is 3.48. The summed E-state index contributed by atoms with van der Waals surface area (Å²) < 4.78 is 7.77. The van der Waals surface area contributed by atoms with E-state index in [9.17, 15) is 4.79 Å². The van der Waals surface area contributed by atoms with Gasteiger partial charge in [-0.3, -0.25) is 4.79 Å². The van der Waals surface area contributed by atoms with Gasteiger partial charge >= 0.3 is 0 Å². The van der Waals surface area contributed by atoms with Crippen molar-refractivity contribution >= 4 is 5.91 Å². The molecule has 2 aromatic rings. The van der Waals surface area contributed by atoms with E-state index in [1.54, 1.807) is 7.11 Å². The highest BCUT2D eigenvalue weighted by Gasteiger charge is 2.30. The summed E-state index contributed by atoms with van der Waals surface area (Å²) in [5.74, 6) is 2.08. The highest BCUT2D eigenvalue weighted by atomic mass is 16.5. The van der Waals surface area contributed by atoms with Crippen LogP contribution in [-0.4, -0.2) is 28.6 Å². The fraction of sp³-hybridized carbons (Fsp3) is 0.524. The number of imidazole rings is 1. The quantitative estimate of drug-likeness (QED) is 0.863. The Morgan fingerprint density at radius 2 is 2.23 bits per heavy atom. The molecule has 1 aliphatic carbocycles. The van der Waals surface area contributed by atoms with E-state index >= 15 is 0 Å². The molecule has 2 atom stereocenters. The van der Waals surface area contributed by atoms with Crippen LogP contribution in [-0.2, 0) is 11.2 Å². The summed E-state index contributed by atoms with van der Waals surface area (Å²) in [4.78, 5) is 17.3. The molecule has 1 aromatic carbocycles. The Morgan fingerprint density at radius 1 is 1.38 bits per heavy atom. The molecule has 1 fully saturated rings. The number of methoxy groups -OCH3 is 1. The van der Waals surface area contributed by atoms with Crippen LogP contribution in [0.4, 0.5) is 0 Å². The molecule has 1 aromatic heterocycles. The highest BCUT2D eigenvalue weighted by molar-refractivity contribution is 5.78. The number of hydrogen-bond donors (Lipinski definition) is 1. The number of ether oxygens (including phenoxy) is 1. The number of nitrogens with one attached hydrogen (secondary N) is 1. The molecule has 0 saturated heterocycles. The van der Waals surface area contributed by atoms with Gasteiger partial charge in [0.15, 0.2) is 0 Å². The van der Waals surface area contributed by atoms with Gasteiger partial charge in [-0.1, -0.05) is 12.1 Å². The predicted octanol–water partition coefficient (Wildman–Crippen LogP) is 3.59. The SMILES string of the molecule is COc1cccc([C@@H](CC(=O)NC2CC2)c2cnc3n2[C@H](C)CCC3)c1. The van der Waals surface area contributed by atoms with Crippen LogP contribution in [0.3, 0.4) is 0 Å². The van der Waals surface area contributed by atoms with E-state index in [1.165, 1.54) is 6.42 Å². The minimum absolute atomic E-state index is 0.00866. The molecule has 0 unspecified atom stereocenters. The number of rotatable bonds is 6. The Bertz CT molecular complexity index is 794. The maximum atomic E-state index is 12.6. The van der Waals surface area contributed by atoms with Gasteiger partial charge < -0.3 is 14.6 Å². The Balaban J connectivity index is 1.70. The first-order valence-electron chi connectivity index (χ1n) is 9.65. The Morgan fingerprint density at radius 3 is 3.00 bits per heavy atom. The molecule has 0 bridgehead atoms. The molecule has 1 amide bonds. The molecule has 138 valence electrons. The van der Waals surface area contributed by atoms with E-state index in [4.69, 9.17) is 4.74 Å². The number of amides is 1. The lowest BCUT2D eigenvalue weighted by Crippen LogP contribution is -2.28. The van der Waals surface area contributed by atoms with Gasteiger partial charge in [0.25, 0.3) is 0 Å². The fourth-order valence-corrected chi connectivity index (χ4v) is 4.00. The van der Waals surface area contributed by atoms with Crippen LogP contribution < -0.4 is 10.1 Å². The first kappa shape index (κ1) is 17.1. The lowest BCUT2D eigenvalue weighted by Gasteiger charge is -2.27. The van der Waals surface area contributed by atoms with Gasteiger partial charge in [-0.05, 0) is 50.3 Å². The summed E-state index contributed by atoms with van der Waals surface area (Å²) in [5, 5.41) is 3.14. The maximum Gasteiger partial charge on any atom is 0.221 e. The van der Waals surface area contributed by atoms with Crippen LogP contribution in [0, 0.1) is 0 Å². The van der Waals surface area contributed by atoms with Crippen molar-refractivity contribution in [3.05, 3.63) is 47.5 Å². The maximum absolute atomic E-state index is 12.6. The molecule has 5 heteroatoms. The zero-order valence-corrected chi connectivity index (χ0v) is 15.6. The molecule has 5 nitrogen and oxygen atoms in total. The molecule has 1 aliphatic heterocycles. The second-order valence-corrected chi connectivity index (χ2v) is 7.59. The molecule has 0 radical (unpaired) electrons. The Hall–Kier alpha value is -2.30. The van der Waals surface area contributed by atoms with E-state index in [0.717, 1.165) is 48.5 Å². The van der Waals surface area contributed by atoms with Gasteiger partial charge in [0, 0.05) is 42.7 Å². The van der Waals surface area contributed by atoms with Crippen molar-refractivity contribution in [2.45, 2.75) is 63.5 Å². The Labute approximate surface area is 154 Å². The van der Waals surface area contributed by atoms with Crippen LogP contribution in [0.5, 0.6) is 5.75 Å². The van der Waals surface area contributed by atoms with Gasteiger partial charge in [0.1, 0.15) is 11.6 Å². The third-order valence-electron chi connectivity index (χ3n) is 5.55. The molecule has 1 saturated carbocycles. The zero-order valence-electron chi connectivity index (χ0n) is 15.6. The first-order valence-corrected chi connectivity index (χ1v) is 9.65. The van der Waals surface area contributed by atoms with Crippen LogP contribution in [0.1, 0.15) is 68.1 Å². The molecule has 1 N–H and O–H groups in total. The van der Waals surface area contributed by atoms with Crippen molar-refractivity contribution in [1.29, 1.82) is 0 Å².